The topological polar surface area (TPSA) is 92.6 Å². The molecule has 21 heavy (non-hydrogen) atoms. The average Bonchev–Trinajstić information content (AvgIpc) is 2.38. The zero-order valence-corrected chi connectivity index (χ0v) is 12.8. The number of piperazine rings is 1. The first kappa shape index (κ1) is 17.8. The number of sulfonamides is 1. The maximum atomic E-state index is 13.6. The molecule has 0 spiro atoms. The van der Waals surface area contributed by atoms with Crippen molar-refractivity contribution in [2.24, 2.45) is 0 Å². The molecule has 1 aromatic rings. The van der Waals surface area contributed by atoms with Gasteiger partial charge in [-0.2, -0.15) is 8.70 Å². The van der Waals surface area contributed by atoms with Crippen LogP contribution < -0.4 is 5.32 Å². The zero-order valence-electron chi connectivity index (χ0n) is 11.2. The number of nitro groups is 1. The summed E-state index contributed by atoms with van der Waals surface area (Å²) in [7, 11) is -4.10. The van der Waals surface area contributed by atoms with Crippen molar-refractivity contribution in [2.45, 2.75) is 17.9 Å². The van der Waals surface area contributed by atoms with E-state index in [9.17, 15) is 22.9 Å². The molecular weight excluding hydrogens is 325 g/mol. The van der Waals surface area contributed by atoms with Crippen LogP contribution in [0.5, 0.6) is 0 Å². The molecule has 1 fully saturated rings. The third-order valence-electron chi connectivity index (χ3n) is 3.16. The Balaban J connectivity index is 0.00000220. The molecule has 1 saturated heterocycles. The summed E-state index contributed by atoms with van der Waals surface area (Å²) in [6.45, 7) is 2.78. The van der Waals surface area contributed by atoms with Crippen LogP contribution in [0.1, 0.15) is 6.92 Å². The van der Waals surface area contributed by atoms with Gasteiger partial charge >= 0.3 is 5.69 Å². The summed E-state index contributed by atoms with van der Waals surface area (Å²) in [5.41, 5.74) is -1.00. The van der Waals surface area contributed by atoms with Crippen molar-refractivity contribution >= 4 is 28.1 Å². The van der Waals surface area contributed by atoms with Crippen LogP contribution in [0.15, 0.2) is 23.1 Å². The van der Waals surface area contributed by atoms with E-state index in [0.717, 1.165) is 22.5 Å². The van der Waals surface area contributed by atoms with Gasteiger partial charge in [-0.3, -0.25) is 10.1 Å². The lowest BCUT2D eigenvalue weighted by atomic mass is 10.3. The van der Waals surface area contributed by atoms with Crippen LogP contribution >= 0.6 is 12.4 Å². The van der Waals surface area contributed by atoms with E-state index in [1.807, 2.05) is 0 Å². The molecule has 1 atom stereocenters. The minimum Gasteiger partial charge on any atom is -0.314 e. The fraction of sp³-hybridized carbons (Fsp3) is 0.455. The molecule has 10 heteroatoms. The molecule has 1 heterocycles. The molecule has 2 rings (SSSR count). The van der Waals surface area contributed by atoms with Gasteiger partial charge in [0.1, 0.15) is 0 Å². The minimum atomic E-state index is -4.10. The van der Waals surface area contributed by atoms with Crippen molar-refractivity contribution in [2.75, 3.05) is 19.6 Å². The molecule has 1 aliphatic rings. The van der Waals surface area contributed by atoms with Crippen LogP contribution in [0.2, 0.25) is 0 Å². The molecule has 0 bridgehead atoms. The fourth-order valence-electron chi connectivity index (χ4n) is 2.19. The largest absolute Gasteiger partial charge is 0.324 e. The van der Waals surface area contributed by atoms with Crippen LogP contribution in [0.25, 0.3) is 0 Å². The number of rotatable bonds is 3. The summed E-state index contributed by atoms with van der Waals surface area (Å²) < 4.78 is 39.7. The molecule has 1 aliphatic heterocycles. The second-order valence-corrected chi connectivity index (χ2v) is 6.37. The molecule has 0 radical (unpaired) electrons. The zero-order chi connectivity index (χ0) is 14.9. The molecular formula is C11H15ClFN3O4S. The second-order valence-electron chi connectivity index (χ2n) is 4.51. The molecule has 1 aromatic carbocycles. The van der Waals surface area contributed by atoms with E-state index in [1.54, 1.807) is 6.92 Å². The number of benzene rings is 1. The quantitative estimate of drug-likeness (QED) is 0.658. The van der Waals surface area contributed by atoms with Gasteiger partial charge < -0.3 is 5.32 Å². The third kappa shape index (κ3) is 3.31. The highest BCUT2D eigenvalue weighted by atomic mass is 35.5. The van der Waals surface area contributed by atoms with Crippen molar-refractivity contribution in [3.05, 3.63) is 34.1 Å². The van der Waals surface area contributed by atoms with E-state index in [0.29, 0.717) is 13.1 Å². The van der Waals surface area contributed by atoms with E-state index in [4.69, 9.17) is 0 Å². The monoisotopic (exact) mass is 339 g/mol. The van der Waals surface area contributed by atoms with Crippen molar-refractivity contribution in [1.82, 2.24) is 9.62 Å². The fourth-order valence-corrected chi connectivity index (χ4v) is 3.99. The van der Waals surface area contributed by atoms with E-state index in [2.05, 4.69) is 5.32 Å². The summed E-state index contributed by atoms with van der Waals surface area (Å²) in [6.07, 6.45) is 0. The molecule has 0 saturated carbocycles. The first-order valence-electron chi connectivity index (χ1n) is 6.01. The van der Waals surface area contributed by atoms with Crippen molar-refractivity contribution in [3.63, 3.8) is 0 Å². The van der Waals surface area contributed by atoms with E-state index < -0.39 is 31.3 Å². The van der Waals surface area contributed by atoms with Gasteiger partial charge in [0, 0.05) is 25.7 Å². The van der Waals surface area contributed by atoms with Crippen LogP contribution in [0, 0.1) is 15.9 Å². The summed E-state index contributed by atoms with van der Waals surface area (Å²) in [5, 5.41) is 13.9. The number of hydrogen-bond donors (Lipinski definition) is 1. The Hall–Kier alpha value is -1.29. The second kappa shape index (κ2) is 6.65. The highest BCUT2D eigenvalue weighted by molar-refractivity contribution is 7.89. The first-order valence-corrected chi connectivity index (χ1v) is 7.45. The van der Waals surface area contributed by atoms with Gasteiger partial charge in [-0.1, -0.05) is 6.07 Å². The van der Waals surface area contributed by atoms with Gasteiger partial charge in [0.15, 0.2) is 4.90 Å². The lowest BCUT2D eigenvalue weighted by Crippen LogP contribution is -2.52. The summed E-state index contributed by atoms with van der Waals surface area (Å²) in [4.78, 5) is 9.32. The van der Waals surface area contributed by atoms with Gasteiger partial charge in [0.05, 0.1) is 4.92 Å². The molecule has 0 unspecified atom stereocenters. The maximum absolute atomic E-state index is 13.6. The predicted molar refractivity (Wildman–Crippen MR) is 76.5 cm³/mol. The number of nitrogens with one attached hydrogen (secondary N) is 1. The number of para-hydroxylation sites is 1. The number of hydrogen-bond acceptors (Lipinski definition) is 5. The Bertz CT molecular complexity index is 640. The molecule has 1 N–H and O–H groups in total. The summed E-state index contributed by atoms with van der Waals surface area (Å²) in [6, 6.07) is 2.74. The molecule has 0 amide bonds. The van der Waals surface area contributed by atoms with Crippen LogP contribution in [-0.4, -0.2) is 43.3 Å². The van der Waals surface area contributed by atoms with Crippen molar-refractivity contribution in [1.29, 1.82) is 0 Å². The number of nitrogens with zero attached hydrogens (tertiary/aromatic N) is 2. The molecule has 0 aliphatic carbocycles. The number of nitro benzene ring substituents is 1. The highest BCUT2D eigenvalue weighted by Crippen LogP contribution is 2.30. The van der Waals surface area contributed by atoms with E-state index in [1.165, 1.54) is 0 Å². The van der Waals surface area contributed by atoms with Crippen LogP contribution in [0.3, 0.4) is 0 Å². The van der Waals surface area contributed by atoms with Crippen LogP contribution in [-0.2, 0) is 10.0 Å². The lowest BCUT2D eigenvalue weighted by Gasteiger charge is -2.32. The van der Waals surface area contributed by atoms with Gasteiger partial charge in [0.25, 0.3) is 0 Å². The Morgan fingerprint density at radius 3 is 2.71 bits per heavy atom. The normalized spacial score (nSPS) is 19.8. The molecule has 0 aromatic heterocycles. The maximum Gasteiger partial charge on any atom is 0.324 e. The number of halogens is 2. The molecule has 118 valence electrons. The summed E-state index contributed by atoms with van der Waals surface area (Å²) >= 11 is 0. The Morgan fingerprint density at radius 1 is 1.48 bits per heavy atom. The average molecular weight is 340 g/mol. The van der Waals surface area contributed by atoms with Gasteiger partial charge in [-0.25, -0.2) is 8.42 Å². The van der Waals surface area contributed by atoms with E-state index in [-0.39, 0.29) is 25.0 Å². The van der Waals surface area contributed by atoms with Crippen LogP contribution in [0.4, 0.5) is 10.1 Å². The van der Waals surface area contributed by atoms with Crippen molar-refractivity contribution < 1.29 is 17.7 Å². The van der Waals surface area contributed by atoms with Crippen molar-refractivity contribution in [3.8, 4) is 0 Å². The van der Waals surface area contributed by atoms with E-state index >= 15 is 0 Å². The smallest absolute Gasteiger partial charge is 0.314 e. The third-order valence-corrected chi connectivity index (χ3v) is 5.20. The van der Waals surface area contributed by atoms with Gasteiger partial charge in [0.2, 0.25) is 15.8 Å². The van der Waals surface area contributed by atoms with Gasteiger partial charge in [-0.15, -0.1) is 12.4 Å². The first-order chi connectivity index (χ1) is 9.35. The lowest BCUT2D eigenvalue weighted by molar-refractivity contribution is -0.390. The van der Waals surface area contributed by atoms with Gasteiger partial charge in [-0.05, 0) is 19.1 Å². The SMILES string of the molecule is C[C@H]1CNCCN1S(=O)(=O)c1cccc(F)c1[N+](=O)[O-].Cl. The molecule has 7 nitrogen and oxygen atoms in total. The standard InChI is InChI=1S/C11H14FN3O4S.ClH/c1-8-7-13-5-6-14(8)20(18,19)10-4-2-3-9(12)11(10)15(16)17;/h2-4,8,13H,5-7H2,1H3;1H/t8-;/m0./s1. The Morgan fingerprint density at radius 2 is 2.14 bits per heavy atom. The Kier molecular flexibility index (Phi) is 5.62. The predicted octanol–water partition coefficient (Wildman–Crippen LogP) is 1.14. The summed E-state index contributed by atoms with van der Waals surface area (Å²) in [5.74, 6) is -1.15. The highest BCUT2D eigenvalue weighted by Gasteiger charge is 2.37. The Labute approximate surface area is 127 Å². The minimum absolute atomic E-state index is 0.